The first kappa shape index (κ1) is 19.6. The van der Waals surface area contributed by atoms with Crippen LogP contribution in [0, 0.1) is 0 Å². The average Bonchev–Trinajstić information content (AvgIpc) is 2.59. The molecule has 1 aromatic carbocycles. The molecule has 142 valence electrons. The summed E-state index contributed by atoms with van der Waals surface area (Å²) in [5.41, 5.74) is 1.57. The van der Waals surface area contributed by atoms with Gasteiger partial charge in [-0.1, -0.05) is 19.4 Å². The number of amides is 2. The molecule has 1 aliphatic rings. The molecular weight excluding hydrogens is 336 g/mol. The van der Waals surface area contributed by atoms with Gasteiger partial charge in [-0.05, 0) is 44.4 Å². The summed E-state index contributed by atoms with van der Waals surface area (Å²) in [7, 11) is 1.44. The smallest absolute Gasteiger partial charge is 0.338 e. The zero-order valence-electron chi connectivity index (χ0n) is 15.6. The first-order chi connectivity index (χ1) is 12.4. The Hall–Kier alpha value is -2.70. The number of aromatic hydroxyl groups is 1. The third-order valence-corrected chi connectivity index (χ3v) is 4.03. The van der Waals surface area contributed by atoms with Crippen molar-refractivity contribution < 1.29 is 24.2 Å². The van der Waals surface area contributed by atoms with Crippen LogP contribution in [-0.4, -0.2) is 30.3 Å². The Bertz CT molecular complexity index is 712. The molecule has 2 amide bonds. The number of allylic oxidation sites excluding steroid dienone is 1. The molecule has 0 fully saturated rings. The van der Waals surface area contributed by atoms with Crippen molar-refractivity contribution in [3.63, 3.8) is 0 Å². The molecule has 1 aliphatic heterocycles. The van der Waals surface area contributed by atoms with E-state index in [-0.39, 0.29) is 23.6 Å². The second-order valence-electron chi connectivity index (χ2n) is 6.41. The maximum Gasteiger partial charge on any atom is 0.338 e. The van der Waals surface area contributed by atoms with Crippen molar-refractivity contribution >= 4 is 12.0 Å². The van der Waals surface area contributed by atoms with Crippen molar-refractivity contribution in [3.05, 3.63) is 35.0 Å². The van der Waals surface area contributed by atoms with Gasteiger partial charge in [0.2, 0.25) is 0 Å². The van der Waals surface area contributed by atoms with Gasteiger partial charge in [-0.25, -0.2) is 9.59 Å². The van der Waals surface area contributed by atoms with Gasteiger partial charge in [0.05, 0.1) is 24.8 Å². The molecule has 7 nitrogen and oxygen atoms in total. The molecule has 1 atom stereocenters. The summed E-state index contributed by atoms with van der Waals surface area (Å²) in [4.78, 5) is 24.9. The molecule has 0 spiro atoms. The van der Waals surface area contributed by atoms with Crippen LogP contribution in [0.1, 0.15) is 51.6 Å². The number of methoxy groups -OCH3 is 1. The number of benzene rings is 1. The summed E-state index contributed by atoms with van der Waals surface area (Å²) in [6.45, 7) is 5.59. The number of carbonyl (C=O) groups is 2. The number of ether oxygens (including phenoxy) is 2. The number of rotatable bonds is 7. The lowest BCUT2D eigenvalue weighted by atomic mass is 9.93. The van der Waals surface area contributed by atoms with Gasteiger partial charge >= 0.3 is 12.0 Å². The third kappa shape index (κ3) is 4.47. The van der Waals surface area contributed by atoms with Crippen molar-refractivity contribution in [1.82, 2.24) is 10.6 Å². The van der Waals surface area contributed by atoms with Crippen LogP contribution < -0.4 is 15.4 Å². The fraction of sp³-hybridized carbons (Fsp3) is 0.474. The lowest BCUT2D eigenvalue weighted by Gasteiger charge is -2.30. The van der Waals surface area contributed by atoms with Crippen LogP contribution in [0.15, 0.2) is 29.5 Å². The van der Waals surface area contributed by atoms with Crippen LogP contribution in [-0.2, 0) is 9.53 Å². The number of phenols is 1. The molecule has 0 bridgehead atoms. The molecular formula is C19H26N2O5. The van der Waals surface area contributed by atoms with Gasteiger partial charge in [0.1, 0.15) is 0 Å². The molecule has 1 aromatic rings. The molecule has 1 heterocycles. The number of hydrogen-bond donors (Lipinski definition) is 3. The van der Waals surface area contributed by atoms with Crippen LogP contribution in [0.5, 0.6) is 11.5 Å². The van der Waals surface area contributed by atoms with E-state index in [4.69, 9.17) is 9.47 Å². The van der Waals surface area contributed by atoms with Crippen LogP contribution in [0.25, 0.3) is 0 Å². The van der Waals surface area contributed by atoms with Gasteiger partial charge in [-0.2, -0.15) is 0 Å². The number of urea groups is 1. The van der Waals surface area contributed by atoms with Crippen molar-refractivity contribution in [1.29, 1.82) is 0 Å². The summed E-state index contributed by atoms with van der Waals surface area (Å²) in [6.07, 6.45) is 2.05. The zero-order valence-corrected chi connectivity index (χ0v) is 15.6. The highest BCUT2D eigenvalue weighted by Gasteiger charge is 2.34. The highest BCUT2D eigenvalue weighted by Crippen LogP contribution is 2.34. The van der Waals surface area contributed by atoms with Crippen LogP contribution in [0.3, 0.4) is 0 Å². The normalized spacial score (nSPS) is 17.0. The summed E-state index contributed by atoms with van der Waals surface area (Å²) in [5, 5.41) is 15.3. The lowest BCUT2D eigenvalue weighted by molar-refractivity contribution is -0.143. The van der Waals surface area contributed by atoms with Crippen molar-refractivity contribution in [2.24, 2.45) is 0 Å². The second kappa shape index (κ2) is 8.60. The van der Waals surface area contributed by atoms with Crippen molar-refractivity contribution in [3.8, 4) is 11.5 Å². The minimum absolute atomic E-state index is 0.0157. The average molecular weight is 362 g/mol. The fourth-order valence-electron chi connectivity index (χ4n) is 2.81. The molecule has 0 saturated heterocycles. The summed E-state index contributed by atoms with van der Waals surface area (Å²) >= 11 is 0. The topological polar surface area (TPSA) is 96.9 Å². The molecule has 7 heteroatoms. The molecule has 2 rings (SSSR count). The van der Waals surface area contributed by atoms with E-state index in [1.807, 2.05) is 6.92 Å². The monoisotopic (exact) mass is 362 g/mol. The standard InChI is InChI=1S/C19H26N2O5/c1-5-6-7-13-16(18(23)26-11(2)3)17(21-19(24)20-13)12-8-9-14(22)15(10-12)25-4/h8-11,17,22H,5-7H2,1-4H3,(H2,20,21,24). The van der Waals surface area contributed by atoms with Crippen LogP contribution >= 0.6 is 0 Å². The first-order valence-corrected chi connectivity index (χ1v) is 8.75. The van der Waals surface area contributed by atoms with E-state index in [2.05, 4.69) is 10.6 Å². The molecule has 26 heavy (non-hydrogen) atoms. The highest BCUT2D eigenvalue weighted by atomic mass is 16.5. The quantitative estimate of drug-likeness (QED) is 0.648. The maximum absolute atomic E-state index is 12.7. The molecule has 0 aliphatic carbocycles. The van der Waals surface area contributed by atoms with E-state index in [0.29, 0.717) is 23.3 Å². The number of carbonyl (C=O) groups excluding carboxylic acids is 2. The Balaban J connectivity index is 2.51. The molecule has 3 N–H and O–H groups in total. The summed E-state index contributed by atoms with van der Waals surface area (Å²) in [5.74, 6) is -0.226. The molecule has 0 radical (unpaired) electrons. The van der Waals surface area contributed by atoms with Crippen molar-refractivity contribution in [2.75, 3.05) is 7.11 Å². The van der Waals surface area contributed by atoms with Crippen LogP contribution in [0.2, 0.25) is 0 Å². The zero-order chi connectivity index (χ0) is 19.3. The van der Waals surface area contributed by atoms with E-state index in [0.717, 1.165) is 12.8 Å². The number of nitrogens with one attached hydrogen (secondary N) is 2. The number of unbranched alkanes of at least 4 members (excludes halogenated alkanes) is 1. The number of phenolic OH excluding ortho intramolecular Hbond substituents is 1. The largest absolute Gasteiger partial charge is 0.504 e. The van der Waals surface area contributed by atoms with E-state index in [1.54, 1.807) is 26.0 Å². The predicted molar refractivity (Wildman–Crippen MR) is 96.8 cm³/mol. The lowest BCUT2D eigenvalue weighted by Crippen LogP contribution is -2.46. The van der Waals surface area contributed by atoms with Gasteiger partial charge in [-0.3, -0.25) is 0 Å². The van der Waals surface area contributed by atoms with Gasteiger partial charge in [0.25, 0.3) is 0 Å². The van der Waals surface area contributed by atoms with Gasteiger partial charge in [0, 0.05) is 5.70 Å². The second-order valence-corrected chi connectivity index (χ2v) is 6.41. The Labute approximate surface area is 153 Å². The van der Waals surface area contributed by atoms with Gasteiger partial charge < -0.3 is 25.2 Å². The third-order valence-electron chi connectivity index (χ3n) is 4.03. The number of esters is 1. The summed E-state index contributed by atoms with van der Waals surface area (Å²) < 4.78 is 10.5. The summed E-state index contributed by atoms with van der Waals surface area (Å²) in [6, 6.07) is 3.66. The van der Waals surface area contributed by atoms with Crippen molar-refractivity contribution in [2.45, 2.75) is 52.2 Å². The maximum atomic E-state index is 12.7. The van der Waals surface area contributed by atoms with E-state index in [9.17, 15) is 14.7 Å². The van der Waals surface area contributed by atoms with Gasteiger partial charge in [-0.15, -0.1) is 0 Å². The molecule has 0 saturated carbocycles. The fourth-order valence-corrected chi connectivity index (χ4v) is 2.81. The SMILES string of the molecule is CCCCC1=C(C(=O)OC(C)C)C(c2ccc(O)c(OC)c2)NC(=O)N1. The van der Waals surface area contributed by atoms with E-state index < -0.39 is 12.0 Å². The Morgan fingerprint density at radius 3 is 2.69 bits per heavy atom. The Morgan fingerprint density at radius 1 is 1.35 bits per heavy atom. The van der Waals surface area contributed by atoms with E-state index >= 15 is 0 Å². The predicted octanol–water partition coefficient (Wildman–Crippen LogP) is 3.15. The van der Waals surface area contributed by atoms with Crippen LogP contribution in [0.4, 0.5) is 4.79 Å². The van der Waals surface area contributed by atoms with E-state index in [1.165, 1.54) is 13.2 Å². The Morgan fingerprint density at radius 2 is 2.08 bits per heavy atom. The Kier molecular flexibility index (Phi) is 6.49. The first-order valence-electron chi connectivity index (χ1n) is 8.75. The minimum atomic E-state index is -0.684. The van der Waals surface area contributed by atoms with Gasteiger partial charge in [0.15, 0.2) is 11.5 Å². The minimum Gasteiger partial charge on any atom is -0.504 e. The molecule has 1 unspecified atom stereocenters. The molecule has 0 aromatic heterocycles. The highest BCUT2D eigenvalue weighted by molar-refractivity contribution is 5.95. The number of hydrogen-bond acceptors (Lipinski definition) is 5.